The number of fused-ring (bicyclic) bond motifs is 1. The predicted octanol–water partition coefficient (Wildman–Crippen LogP) is -0.937. The first-order valence-corrected chi connectivity index (χ1v) is 36.0. The Morgan fingerprint density at radius 3 is 1.24 bits per heavy atom. The van der Waals surface area contributed by atoms with Crippen LogP contribution < -0.4 is 87.2 Å². The Kier molecular flexibility index (Phi) is 39.6. The van der Waals surface area contributed by atoms with E-state index in [1.807, 2.05) is 45.0 Å². The number of hydrogen-bond acceptors (Lipinski definition) is 18. The van der Waals surface area contributed by atoms with E-state index in [2.05, 4.69) is 73.4 Å². The number of aromatic nitrogens is 3. The number of imidazole rings is 1. The summed E-state index contributed by atoms with van der Waals surface area (Å²) >= 11 is 0. The SMILES string of the molecule is CC[C@H](C)[C@H](NC(=O)[C@H](Cc1cnc[nH]1)NC(=O)[C@H](CCCCN)NC(=O)[C@H](CC(C)C)NC(=O)[C@H](CC(C)C)NC(=O)[C@H](CO)NC(=O)[C@H](CC(C)C)NC(=O)[C@H](Cc1c[nH]c2ccccc12)NC(=O)[C@H](CCCCN)NC(=O)CN)C(=O)N[C@@H](CC(C)C)C(=O)N[C@@H](CCCCN)C(N)=O. The molecule has 12 atom stereocenters. The Bertz CT molecular complexity index is 3140. The van der Waals surface area contributed by atoms with E-state index < -0.39 is 156 Å². The zero-order valence-electron chi connectivity index (χ0n) is 61.3. The third kappa shape index (κ3) is 30.9. The van der Waals surface area contributed by atoms with E-state index in [1.54, 1.807) is 54.7 Å². The first-order valence-electron chi connectivity index (χ1n) is 36.0. The van der Waals surface area contributed by atoms with Gasteiger partial charge in [-0.05, 0) is 144 Å². The molecule has 0 fully saturated rings. The molecule has 32 heteroatoms. The van der Waals surface area contributed by atoms with Crippen molar-refractivity contribution in [3.8, 4) is 0 Å². The summed E-state index contributed by atoms with van der Waals surface area (Å²) in [5.74, 6) is -10.6. The summed E-state index contributed by atoms with van der Waals surface area (Å²) in [5.41, 5.74) is 30.3. The molecule has 3 aromatic rings. The first kappa shape index (κ1) is 87.6. The summed E-state index contributed by atoms with van der Waals surface area (Å²) in [6.07, 6.45) is 8.25. The molecule has 2 aromatic heterocycles. The number of carbonyl (C=O) groups is 12. The molecule has 102 heavy (non-hydrogen) atoms. The van der Waals surface area contributed by atoms with E-state index in [4.69, 9.17) is 28.7 Å². The quantitative estimate of drug-likeness (QED) is 0.0303. The summed E-state index contributed by atoms with van der Waals surface area (Å²) in [5, 5.41) is 41.4. The van der Waals surface area contributed by atoms with Gasteiger partial charge in [-0.15, -0.1) is 0 Å². The van der Waals surface area contributed by atoms with Gasteiger partial charge in [0, 0.05) is 41.8 Å². The molecule has 0 aliphatic rings. The highest BCUT2D eigenvalue weighted by atomic mass is 16.3. The first-order chi connectivity index (χ1) is 48.4. The standard InChI is InChI=1S/C70H119N19O13/c1-11-43(10)59(70(102)87-54(31-42(8)9)63(95)80-48(60(75)92)22-14-17-25-71)89-68(100)56(33-45-36-76-38-78-45)86-62(94)50(24-16-19-27-73)81-64(96)51(28-39(2)3)82-65(97)52(29-40(4)5)84-69(101)57(37-90)88-66(98)53(30-41(6)7)83-67(99)55(32-44-35-77-47-21-13-12-20-46(44)47)85-61(93)49(23-15-18-26-72)79-58(91)34-74/h12-13,20-21,35-36,38-43,48-57,59,77,90H,11,14-19,22-34,37,71-74H2,1-10H3,(H2,75,92)(H,76,78)(H,79,91)(H,80,95)(H,81,96)(H,82,97)(H,83,99)(H,84,101)(H,85,93)(H,86,94)(H,87,102)(H,88,98)(H,89,100)/t43-,48-,49-,50-,51-,52-,53-,54-,55-,56-,57-,59-/m0/s1. The Morgan fingerprint density at radius 1 is 0.441 bits per heavy atom. The van der Waals surface area contributed by atoms with Crippen LogP contribution in [-0.2, 0) is 70.4 Å². The van der Waals surface area contributed by atoms with Gasteiger partial charge in [0.05, 0.1) is 19.5 Å². The largest absolute Gasteiger partial charge is 0.394 e. The molecular weight excluding hydrogens is 1310 g/mol. The number of nitrogens with two attached hydrogens (primary N) is 5. The van der Waals surface area contributed by atoms with Gasteiger partial charge in [0.2, 0.25) is 70.9 Å². The number of primary amides is 1. The molecule has 0 saturated heterocycles. The second kappa shape index (κ2) is 46.1. The van der Waals surface area contributed by atoms with Crippen molar-refractivity contribution in [1.82, 2.24) is 73.4 Å². The Labute approximate surface area is 599 Å². The summed E-state index contributed by atoms with van der Waals surface area (Å²) in [6, 6.07) is -6.93. The predicted molar refractivity (Wildman–Crippen MR) is 387 cm³/mol. The van der Waals surface area contributed by atoms with Crippen LogP contribution in [0.3, 0.4) is 0 Å². The molecule has 24 N–H and O–H groups in total. The zero-order valence-corrected chi connectivity index (χ0v) is 61.3. The Morgan fingerprint density at radius 2 is 0.814 bits per heavy atom. The van der Waals surface area contributed by atoms with E-state index >= 15 is 0 Å². The van der Waals surface area contributed by atoms with Crippen LogP contribution in [0.15, 0.2) is 43.0 Å². The van der Waals surface area contributed by atoms with Crippen molar-refractivity contribution in [2.24, 2.45) is 58.3 Å². The maximum Gasteiger partial charge on any atom is 0.245 e. The smallest absolute Gasteiger partial charge is 0.245 e. The van der Waals surface area contributed by atoms with Gasteiger partial charge < -0.3 is 102 Å². The molecule has 12 amide bonds. The average molecular weight is 1430 g/mol. The summed E-state index contributed by atoms with van der Waals surface area (Å²) in [6.45, 7) is 17.6. The molecular formula is C70H119N19O13. The van der Waals surface area contributed by atoms with Gasteiger partial charge in [0.25, 0.3) is 0 Å². The fourth-order valence-corrected chi connectivity index (χ4v) is 11.5. The summed E-state index contributed by atoms with van der Waals surface area (Å²) in [7, 11) is 0. The van der Waals surface area contributed by atoms with Gasteiger partial charge in [0.15, 0.2) is 0 Å². The Balaban J connectivity index is 1.92. The van der Waals surface area contributed by atoms with E-state index in [1.165, 1.54) is 12.5 Å². The molecule has 0 saturated carbocycles. The fourth-order valence-electron chi connectivity index (χ4n) is 11.5. The van der Waals surface area contributed by atoms with Gasteiger partial charge in [-0.25, -0.2) is 4.98 Å². The lowest BCUT2D eigenvalue weighted by molar-refractivity contribution is -0.137. The minimum absolute atomic E-state index is 0.00366. The van der Waals surface area contributed by atoms with Crippen molar-refractivity contribution in [3.63, 3.8) is 0 Å². The summed E-state index contributed by atoms with van der Waals surface area (Å²) < 4.78 is 0. The highest BCUT2D eigenvalue weighted by Crippen LogP contribution is 2.21. The number of carbonyl (C=O) groups excluding carboxylic acids is 12. The number of amides is 12. The molecule has 1 aromatic carbocycles. The second-order valence-electron chi connectivity index (χ2n) is 28.0. The van der Waals surface area contributed by atoms with Crippen LogP contribution >= 0.6 is 0 Å². The highest BCUT2D eigenvalue weighted by molar-refractivity contribution is 6.00. The van der Waals surface area contributed by atoms with Crippen LogP contribution in [0.1, 0.15) is 170 Å². The van der Waals surface area contributed by atoms with Gasteiger partial charge >= 0.3 is 0 Å². The number of nitrogens with zero attached hydrogens (tertiary/aromatic N) is 1. The van der Waals surface area contributed by atoms with Crippen molar-refractivity contribution in [3.05, 3.63) is 54.2 Å². The zero-order chi connectivity index (χ0) is 76.2. The molecule has 0 aliphatic heterocycles. The van der Waals surface area contributed by atoms with E-state index in [9.17, 15) is 62.6 Å². The molecule has 0 spiro atoms. The lowest BCUT2D eigenvalue weighted by Crippen LogP contribution is -2.62. The normalized spacial score (nSPS) is 15.0. The minimum Gasteiger partial charge on any atom is -0.394 e. The van der Waals surface area contributed by atoms with Crippen molar-refractivity contribution in [2.45, 2.75) is 238 Å². The topological polar surface area (TPSA) is 532 Å². The van der Waals surface area contributed by atoms with Crippen LogP contribution in [0.2, 0.25) is 0 Å². The number of benzene rings is 1. The number of para-hydroxylation sites is 1. The number of aliphatic hydroxyl groups is 1. The molecule has 3 rings (SSSR count). The van der Waals surface area contributed by atoms with Crippen molar-refractivity contribution in [1.29, 1.82) is 0 Å². The monoisotopic (exact) mass is 1430 g/mol. The fraction of sp³-hybridized carbons (Fsp3) is 0.671. The second-order valence-corrected chi connectivity index (χ2v) is 28.0. The van der Waals surface area contributed by atoms with Crippen LogP contribution in [-0.4, -0.2) is 190 Å². The number of aliphatic hydroxyl groups excluding tert-OH is 1. The van der Waals surface area contributed by atoms with Crippen molar-refractivity contribution >= 4 is 81.8 Å². The average Bonchev–Trinajstić information content (AvgIpc) is 1.62. The van der Waals surface area contributed by atoms with E-state index in [0.717, 1.165) is 10.9 Å². The third-order valence-electron chi connectivity index (χ3n) is 17.3. The number of hydrogen-bond donors (Lipinski definition) is 19. The molecule has 572 valence electrons. The van der Waals surface area contributed by atoms with Gasteiger partial charge in [-0.1, -0.05) is 93.9 Å². The molecule has 0 radical (unpaired) electrons. The molecule has 32 nitrogen and oxygen atoms in total. The number of nitrogens with one attached hydrogen (secondary N) is 13. The maximum absolute atomic E-state index is 14.7. The highest BCUT2D eigenvalue weighted by Gasteiger charge is 2.38. The molecule has 2 heterocycles. The van der Waals surface area contributed by atoms with Gasteiger partial charge in [0.1, 0.15) is 66.5 Å². The van der Waals surface area contributed by atoms with Crippen LogP contribution in [0.25, 0.3) is 10.9 Å². The lowest BCUT2D eigenvalue weighted by Gasteiger charge is -2.30. The maximum atomic E-state index is 14.7. The number of H-pyrrole nitrogens is 2. The minimum atomic E-state index is -1.69. The lowest BCUT2D eigenvalue weighted by atomic mass is 9.96. The molecule has 0 unspecified atom stereocenters. The third-order valence-corrected chi connectivity index (χ3v) is 17.3. The van der Waals surface area contributed by atoms with Gasteiger partial charge in [-0.2, -0.15) is 0 Å². The number of unbranched alkanes of at least 4 members (excludes halogenated alkanes) is 3. The van der Waals surface area contributed by atoms with E-state index in [0.29, 0.717) is 69.3 Å². The van der Waals surface area contributed by atoms with Crippen LogP contribution in [0.4, 0.5) is 0 Å². The summed E-state index contributed by atoms with van der Waals surface area (Å²) in [4.78, 5) is 179. The molecule has 0 bridgehead atoms. The Hall–Kier alpha value is -8.59. The van der Waals surface area contributed by atoms with Gasteiger partial charge in [-0.3, -0.25) is 57.5 Å². The van der Waals surface area contributed by atoms with Crippen LogP contribution in [0.5, 0.6) is 0 Å². The van der Waals surface area contributed by atoms with E-state index in [-0.39, 0.29) is 88.0 Å². The number of aromatic amines is 2. The van der Waals surface area contributed by atoms with Crippen molar-refractivity contribution < 1.29 is 62.6 Å². The van der Waals surface area contributed by atoms with Crippen molar-refractivity contribution in [2.75, 3.05) is 32.8 Å². The molecule has 0 aliphatic carbocycles. The number of rotatable bonds is 50. The van der Waals surface area contributed by atoms with Crippen LogP contribution in [0, 0.1) is 29.6 Å².